The number of aromatic nitrogens is 1. The highest BCUT2D eigenvalue weighted by Crippen LogP contribution is 2.22. The van der Waals surface area contributed by atoms with Crippen LogP contribution in [0, 0.1) is 27.7 Å². The van der Waals surface area contributed by atoms with Crippen molar-refractivity contribution in [3.05, 3.63) is 51.9 Å². The summed E-state index contributed by atoms with van der Waals surface area (Å²) in [6.45, 7) is 10.4. The van der Waals surface area contributed by atoms with Crippen molar-refractivity contribution in [2.75, 3.05) is 13.1 Å². The summed E-state index contributed by atoms with van der Waals surface area (Å²) in [5.74, 6) is 0.874. The maximum Gasteiger partial charge on any atom is 0.314 e. The number of nitrogens with zero attached hydrogens (tertiary/aromatic N) is 1. The van der Waals surface area contributed by atoms with Gasteiger partial charge in [0.05, 0.1) is 11.8 Å². The number of aliphatic hydroxyl groups is 1. The van der Waals surface area contributed by atoms with Gasteiger partial charge in [-0.05, 0) is 33.3 Å². The van der Waals surface area contributed by atoms with Crippen LogP contribution in [0.4, 0.5) is 4.79 Å². The quantitative estimate of drug-likeness (QED) is 0.751. The first-order chi connectivity index (χ1) is 11.8. The highest BCUT2D eigenvalue weighted by atomic mass is 16.5. The Morgan fingerprint density at radius 1 is 1.12 bits per heavy atom. The second-order valence-corrected chi connectivity index (χ2v) is 6.67. The molecule has 0 saturated heterocycles. The second-order valence-electron chi connectivity index (χ2n) is 6.67. The summed E-state index contributed by atoms with van der Waals surface area (Å²) in [5, 5.41) is 19.7. The number of urea groups is 1. The lowest BCUT2D eigenvalue weighted by molar-refractivity contribution is 0.173. The molecule has 1 aromatic carbocycles. The molecular formula is C19H27N3O3. The molecule has 3 N–H and O–H groups in total. The van der Waals surface area contributed by atoms with Crippen LogP contribution in [-0.2, 0) is 0 Å². The Hall–Kier alpha value is -2.34. The molecule has 0 unspecified atom stereocenters. The minimum atomic E-state index is -0.732. The van der Waals surface area contributed by atoms with Gasteiger partial charge in [0.1, 0.15) is 5.76 Å². The maximum absolute atomic E-state index is 12.0. The van der Waals surface area contributed by atoms with E-state index in [1.165, 1.54) is 0 Å². The molecule has 2 atom stereocenters. The zero-order chi connectivity index (χ0) is 18.6. The largest absolute Gasteiger partial charge is 0.387 e. The number of carbonyl (C=O) groups excluding carboxylic acids is 1. The first-order valence-corrected chi connectivity index (χ1v) is 8.48. The van der Waals surface area contributed by atoms with Gasteiger partial charge in [-0.15, -0.1) is 0 Å². The summed E-state index contributed by atoms with van der Waals surface area (Å²) >= 11 is 0. The van der Waals surface area contributed by atoms with Crippen molar-refractivity contribution >= 4 is 6.03 Å². The van der Waals surface area contributed by atoms with Gasteiger partial charge in [0.15, 0.2) is 0 Å². The monoisotopic (exact) mass is 345 g/mol. The number of hydrogen-bond donors (Lipinski definition) is 3. The molecule has 0 aliphatic rings. The van der Waals surface area contributed by atoms with E-state index in [-0.39, 0.29) is 18.5 Å². The van der Waals surface area contributed by atoms with Crippen molar-refractivity contribution in [3.63, 3.8) is 0 Å². The summed E-state index contributed by atoms with van der Waals surface area (Å²) in [6, 6.07) is 5.60. The third-order valence-electron chi connectivity index (χ3n) is 4.23. The first kappa shape index (κ1) is 19.0. The van der Waals surface area contributed by atoms with Crippen LogP contribution in [0.2, 0.25) is 0 Å². The lowest BCUT2D eigenvalue weighted by Gasteiger charge is -2.16. The van der Waals surface area contributed by atoms with Crippen molar-refractivity contribution in [2.45, 2.75) is 46.6 Å². The smallest absolute Gasteiger partial charge is 0.314 e. The van der Waals surface area contributed by atoms with E-state index in [9.17, 15) is 9.90 Å². The van der Waals surface area contributed by atoms with Crippen molar-refractivity contribution in [1.29, 1.82) is 0 Å². The Labute approximate surface area is 148 Å². The molecule has 2 aromatic rings. The SMILES string of the molecule is Cc1cc(C)cc([C@H](O)CNC(=O)NC[C@H](C)c2c(C)noc2C)c1. The zero-order valence-electron chi connectivity index (χ0n) is 15.5. The van der Waals surface area contributed by atoms with E-state index >= 15 is 0 Å². The molecule has 6 heteroatoms. The van der Waals surface area contributed by atoms with Gasteiger partial charge in [-0.2, -0.15) is 0 Å². The molecule has 2 amide bonds. The molecule has 0 aliphatic carbocycles. The van der Waals surface area contributed by atoms with Gasteiger partial charge in [0, 0.05) is 24.6 Å². The normalized spacial score (nSPS) is 13.4. The summed E-state index contributed by atoms with van der Waals surface area (Å²) in [4.78, 5) is 12.0. The van der Waals surface area contributed by atoms with Crippen LogP contribution in [-0.4, -0.2) is 29.4 Å². The van der Waals surface area contributed by atoms with E-state index in [4.69, 9.17) is 4.52 Å². The molecule has 136 valence electrons. The van der Waals surface area contributed by atoms with Crippen molar-refractivity contribution in [2.24, 2.45) is 0 Å². The van der Waals surface area contributed by atoms with Crippen LogP contribution in [0.15, 0.2) is 22.7 Å². The third kappa shape index (κ3) is 5.06. The predicted molar refractivity (Wildman–Crippen MR) is 96.7 cm³/mol. The third-order valence-corrected chi connectivity index (χ3v) is 4.23. The lowest BCUT2D eigenvalue weighted by Crippen LogP contribution is -2.39. The standard InChI is InChI=1S/C19H27N3O3/c1-11-6-12(2)8-16(7-11)17(23)10-21-19(24)20-9-13(3)18-14(4)22-25-15(18)5/h6-8,13,17,23H,9-10H2,1-5H3,(H2,20,21,24)/t13-,17+/m0/s1. The molecule has 2 rings (SSSR count). The predicted octanol–water partition coefficient (Wildman–Crippen LogP) is 3.04. The Bertz CT molecular complexity index is 700. The molecule has 25 heavy (non-hydrogen) atoms. The molecule has 0 fully saturated rings. The van der Waals surface area contributed by atoms with E-state index in [1.807, 2.05) is 52.8 Å². The van der Waals surface area contributed by atoms with E-state index in [2.05, 4.69) is 15.8 Å². The van der Waals surface area contributed by atoms with Gasteiger partial charge < -0.3 is 20.3 Å². The molecular weight excluding hydrogens is 318 g/mol. The Morgan fingerprint density at radius 3 is 2.28 bits per heavy atom. The van der Waals surface area contributed by atoms with Gasteiger partial charge in [0.25, 0.3) is 0 Å². The highest BCUT2D eigenvalue weighted by molar-refractivity contribution is 5.73. The van der Waals surface area contributed by atoms with Gasteiger partial charge in [-0.1, -0.05) is 41.4 Å². The van der Waals surface area contributed by atoms with Crippen LogP contribution in [0.5, 0.6) is 0 Å². The van der Waals surface area contributed by atoms with Gasteiger partial charge in [-0.3, -0.25) is 0 Å². The fourth-order valence-corrected chi connectivity index (χ4v) is 3.11. The number of nitrogens with one attached hydrogen (secondary N) is 2. The maximum atomic E-state index is 12.0. The van der Waals surface area contributed by atoms with E-state index in [0.29, 0.717) is 6.54 Å². The fourth-order valence-electron chi connectivity index (χ4n) is 3.11. The second kappa shape index (κ2) is 8.16. The zero-order valence-corrected chi connectivity index (χ0v) is 15.5. The summed E-state index contributed by atoms with van der Waals surface area (Å²) in [6.07, 6.45) is -0.732. The van der Waals surface area contributed by atoms with Gasteiger partial charge >= 0.3 is 6.03 Å². The van der Waals surface area contributed by atoms with Crippen LogP contribution in [0.1, 0.15) is 52.7 Å². The van der Waals surface area contributed by atoms with Gasteiger partial charge in [-0.25, -0.2) is 4.79 Å². The lowest BCUT2D eigenvalue weighted by atomic mass is 10.00. The average Bonchev–Trinajstić information content (AvgIpc) is 2.88. The topological polar surface area (TPSA) is 87.4 Å². The number of aryl methyl sites for hydroxylation is 4. The number of amides is 2. The number of carbonyl (C=O) groups is 1. The number of aliphatic hydroxyl groups excluding tert-OH is 1. The van der Waals surface area contributed by atoms with E-state index < -0.39 is 6.10 Å². The summed E-state index contributed by atoms with van der Waals surface area (Å²) in [5.41, 5.74) is 4.86. The van der Waals surface area contributed by atoms with Gasteiger partial charge in [0.2, 0.25) is 0 Å². The molecule has 1 heterocycles. The average molecular weight is 345 g/mol. The minimum absolute atomic E-state index is 0.0985. The Balaban J connectivity index is 1.82. The van der Waals surface area contributed by atoms with Crippen LogP contribution in [0.25, 0.3) is 0 Å². The molecule has 0 radical (unpaired) electrons. The molecule has 0 spiro atoms. The minimum Gasteiger partial charge on any atom is -0.387 e. The van der Waals surface area contributed by atoms with E-state index in [0.717, 1.165) is 33.7 Å². The fraction of sp³-hybridized carbons (Fsp3) is 0.474. The van der Waals surface area contributed by atoms with Crippen molar-refractivity contribution in [1.82, 2.24) is 15.8 Å². The molecule has 0 aliphatic heterocycles. The van der Waals surface area contributed by atoms with Crippen LogP contribution < -0.4 is 10.6 Å². The molecule has 6 nitrogen and oxygen atoms in total. The van der Waals surface area contributed by atoms with Crippen LogP contribution >= 0.6 is 0 Å². The molecule has 1 aromatic heterocycles. The Kier molecular flexibility index (Phi) is 6.20. The molecule has 0 saturated carbocycles. The number of hydrogen-bond acceptors (Lipinski definition) is 4. The van der Waals surface area contributed by atoms with Crippen LogP contribution in [0.3, 0.4) is 0 Å². The van der Waals surface area contributed by atoms with E-state index in [1.54, 1.807) is 0 Å². The van der Waals surface area contributed by atoms with Crippen molar-refractivity contribution in [3.8, 4) is 0 Å². The highest BCUT2D eigenvalue weighted by Gasteiger charge is 2.17. The number of benzene rings is 1. The summed E-state index contributed by atoms with van der Waals surface area (Å²) in [7, 11) is 0. The molecule has 0 bridgehead atoms. The first-order valence-electron chi connectivity index (χ1n) is 8.48. The Morgan fingerprint density at radius 2 is 1.72 bits per heavy atom. The van der Waals surface area contributed by atoms with Crippen molar-refractivity contribution < 1.29 is 14.4 Å². The summed E-state index contributed by atoms with van der Waals surface area (Å²) < 4.78 is 5.16. The number of rotatable bonds is 6.